The first kappa shape index (κ1) is 27.8. The normalized spacial score (nSPS) is 11.0. The van der Waals surface area contributed by atoms with Crippen molar-refractivity contribution >= 4 is 22.7 Å². The summed E-state index contributed by atoms with van der Waals surface area (Å²) in [6.07, 6.45) is 14.3. The molecule has 0 radical (unpaired) electrons. The number of para-hydroxylation sites is 2. The van der Waals surface area contributed by atoms with Gasteiger partial charge >= 0.3 is 0 Å². The molecule has 2 nitrogen and oxygen atoms in total. The first-order valence-corrected chi connectivity index (χ1v) is 14.5. The van der Waals surface area contributed by atoms with Gasteiger partial charge in [0.05, 0.1) is 11.4 Å². The minimum absolute atomic E-state index is 1.11. The van der Waals surface area contributed by atoms with Gasteiger partial charge in [-0.25, -0.2) is 0 Å². The van der Waals surface area contributed by atoms with Gasteiger partial charge in [0.25, 0.3) is 0 Å². The largest absolute Gasteiger partial charge is 0.354 e. The monoisotopic (exact) mass is 484 g/mol. The molecule has 3 aromatic rings. The minimum atomic E-state index is 1.11. The molecule has 0 amide bonds. The molecule has 0 unspecified atom stereocenters. The molecule has 0 heterocycles. The molecule has 0 saturated carbocycles. The van der Waals surface area contributed by atoms with Crippen molar-refractivity contribution in [3.63, 3.8) is 0 Å². The maximum absolute atomic E-state index is 3.84. The van der Waals surface area contributed by atoms with Crippen LogP contribution in [0.4, 0.5) is 22.7 Å². The summed E-state index contributed by atoms with van der Waals surface area (Å²) in [7, 11) is 0. The van der Waals surface area contributed by atoms with E-state index in [-0.39, 0.29) is 0 Å². The number of hydrogen-bond donors (Lipinski definition) is 2. The van der Waals surface area contributed by atoms with Crippen LogP contribution < -0.4 is 10.6 Å². The predicted octanol–water partition coefficient (Wildman–Crippen LogP) is 10.5. The molecule has 0 aliphatic carbocycles. The maximum Gasteiger partial charge on any atom is 0.0623 e. The minimum Gasteiger partial charge on any atom is -0.354 e. The lowest BCUT2D eigenvalue weighted by Gasteiger charge is -2.19. The van der Waals surface area contributed by atoms with Gasteiger partial charge in [-0.1, -0.05) is 89.8 Å². The van der Waals surface area contributed by atoms with Crippen LogP contribution in [0.3, 0.4) is 0 Å². The fourth-order valence-corrected chi connectivity index (χ4v) is 4.71. The Labute approximate surface area is 220 Å². The topological polar surface area (TPSA) is 24.1 Å². The van der Waals surface area contributed by atoms with Gasteiger partial charge in [-0.15, -0.1) is 0 Å². The first-order valence-electron chi connectivity index (χ1n) is 14.5. The van der Waals surface area contributed by atoms with Crippen molar-refractivity contribution in [3.05, 3.63) is 82.9 Å². The van der Waals surface area contributed by atoms with Crippen LogP contribution >= 0.6 is 0 Å². The number of benzene rings is 3. The van der Waals surface area contributed by atoms with Crippen LogP contribution in [0.15, 0.2) is 60.7 Å². The van der Waals surface area contributed by atoms with Crippen molar-refractivity contribution in [1.82, 2.24) is 0 Å². The predicted molar refractivity (Wildman–Crippen MR) is 160 cm³/mol. The van der Waals surface area contributed by atoms with E-state index in [9.17, 15) is 0 Å². The molecule has 2 N–H and O–H groups in total. The fraction of sp³-hybridized carbons (Fsp3) is 0.471. The van der Waals surface area contributed by atoms with Gasteiger partial charge in [0, 0.05) is 11.4 Å². The second kappa shape index (κ2) is 15.4. The highest BCUT2D eigenvalue weighted by Gasteiger charge is 2.11. The number of aryl methyl sites for hydroxylation is 4. The lowest BCUT2D eigenvalue weighted by molar-refractivity contribution is 0.787. The summed E-state index contributed by atoms with van der Waals surface area (Å²) in [5.41, 5.74) is 10.5. The molecule has 0 aliphatic rings. The Hall–Kier alpha value is -2.74. The number of rotatable bonds is 16. The molecule has 0 bridgehead atoms. The Morgan fingerprint density at radius 3 is 1.22 bits per heavy atom. The van der Waals surface area contributed by atoms with Crippen molar-refractivity contribution in [1.29, 1.82) is 0 Å². The van der Waals surface area contributed by atoms with Crippen LogP contribution in [-0.2, 0) is 25.7 Å². The zero-order valence-corrected chi connectivity index (χ0v) is 23.3. The highest BCUT2D eigenvalue weighted by molar-refractivity contribution is 5.80. The van der Waals surface area contributed by atoms with Crippen LogP contribution in [0.2, 0.25) is 0 Å². The zero-order valence-electron chi connectivity index (χ0n) is 23.3. The van der Waals surface area contributed by atoms with Crippen molar-refractivity contribution in [3.8, 4) is 0 Å². The van der Waals surface area contributed by atoms with Crippen molar-refractivity contribution in [2.75, 3.05) is 10.6 Å². The third-order valence-electron chi connectivity index (χ3n) is 7.05. The summed E-state index contributed by atoms with van der Waals surface area (Å²) in [6, 6.07) is 22.8. The van der Waals surface area contributed by atoms with Crippen LogP contribution in [0.25, 0.3) is 0 Å². The molecule has 0 saturated heterocycles. The Morgan fingerprint density at radius 1 is 0.444 bits per heavy atom. The van der Waals surface area contributed by atoms with Gasteiger partial charge in [0.2, 0.25) is 0 Å². The summed E-state index contributed by atoms with van der Waals surface area (Å²) in [5.74, 6) is 0. The molecule has 0 atom stereocenters. The Bertz CT molecular complexity index is 968. The van der Waals surface area contributed by atoms with E-state index in [1.807, 2.05) is 0 Å². The standard InChI is InChI=1S/C34H48N2/c1-5-9-15-27-21-23-29(17-11-7-3)33(25-27)35-31-19-13-14-20-32(31)36-34-26-28(16-10-6-2)22-24-30(34)18-12-8-4/h13-14,19-26,35-36H,5-12,15-18H2,1-4H3. The van der Waals surface area contributed by atoms with Crippen LogP contribution in [0, 0.1) is 0 Å². The zero-order chi connectivity index (χ0) is 25.6. The number of unbranched alkanes of at least 4 members (excludes halogenated alkanes) is 4. The molecule has 36 heavy (non-hydrogen) atoms. The lowest BCUT2D eigenvalue weighted by atomic mass is 10.00. The van der Waals surface area contributed by atoms with Crippen molar-refractivity contribution in [2.45, 2.75) is 105 Å². The van der Waals surface area contributed by atoms with Gasteiger partial charge in [-0.3, -0.25) is 0 Å². The van der Waals surface area contributed by atoms with Gasteiger partial charge in [0.1, 0.15) is 0 Å². The quantitative estimate of drug-likeness (QED) is 0.211. The Morgan fingerprint density at radius 2 is 0.833 bits per heavy atom. The lowest BCUT2D eigenvalue weighted by Crippen LogP contribution is -2.03. The van der Waals surface area contributed by atoms with E-state index in [2.05, 4.69) is 99.0 Å². The maximum atomic E-state index is 3.84. The molecule has 0 fully saturated rings. The molecule has 0 aliphatic heterocycles. The summed E-state index contributed by atoms with van der Waals surface area (Å²) < 4.78 is 0. The number of anilines is 4. The molecule has 3 rings (SSSR count). The van der Waals surface area contributed by atoms with E-state index >= 15 is 0 Å². The summed E-state index contributed by atoms with van der Waals surface area (Å²) in [6.45, 7) is 9.07. The van der Waals surface area contributed by atoms with Gasteiger partial charge in [-0.2, -0.15) is 0 Å². The third kappa shape index (κ3) is 8.43. The molecule has 0 aromatic heterocycles. The van der Waals surface area contributed by atoms with E-state index in [4.69, 9.17) is 0 Å². The molecular formula is C34H48N2. The second-order valence-corrected chi connectivity index (χ2v) is 10.2. The first-order chi connectivity index (χ1) is 17.7. The second-order valence-electron chi connectivity index (χ2n) is 10.2. The third-order valence-corrected chi connectivity index (χ3v) is 7.05. The van der Waals surface area contributed by atoms with E-state index in [1.54, 1.807) is 0 Å². The summed E-state index contributed by atoms with van der Waals surface area (Å²) in [4.78, 5) is 0. The van der Waals surface area contributed by atoms with Gasteiger partial charge in [-0.05, 0) is 97.9 Å². The Kier molecular flexibility index (Phi) is 11.9. The van der Waals surface area contributed by atoms with Gasteiger partial charge in [0.15, 0.2) is 0 Å². The van der Waals surface area contributed by atoms with Crippen molar-refractivity contribution in [2.24, 2.45) is 0 Å². The van der Waals surface area contributed by atoms with Crippen LogP contribution in [0.5, 0.6) is 0 Å². The average Bonchev–Trinajstić information content (AvgIpc) is 2.90. The highest BCUT2D eigenvalue weighted by atomic mass is 15.0. The SMILES string of the molecule is CCCCc1ccc(CCCC)c(Nc2ccccc2Nc2cc(CCCC)ccc2CCCC)c1. The molecule has 2 heteroatoms. The highest BCUT2D eigenvalue weighted by Crippen LogP contribution is 2.33. The van der Waals surface area contributed by atoms with E-state index in [0.29, 0.717) is 0 Å². The smallest absolute Gasteiger partial charge is 0.0623 e. The number of nitrogens with one attached hydrogen (secondary N) is 2. The summed E-state index contributed by atoms with van der Waals surface area (Å²) in [5, 5.41) is 7.67. The number of hydrogen-bond acceptors (Lipinski definition) is 2. The van der Waals surface area contributed by atoms with Crippen molar-refractivity contribution < 1.29 is 0 Å². The molecule has 194 valence electrons. The molecule has 0 spiro atoms. The van der Waals surface area contributed by atoms with E-state index < -0.39 is 0 Å². The average molecular weight is 485 g/mol. The van der Waals surface area contributed by atoms with Gasteiger partial charge < -0.3 is 10.6 Å². The molecule has 3 aromatic carbocycles. The Balaban J connectivity index is 1.91. The van der Waals surface area contributed by atoms with Crippen LogP contribution in [0.1, 0.15) is 101 Å². The van der Waals surface area contributed by atoms with E-state index in [0.717, 1.165) is 37.1 Å². The fourth-order valence-electron chi connectivity index (χ4n) is 4.71. The van der Waals surface area contributed by atoms with E-state index in [1.165, 1.54) is 85.0 Å². The molecular weight excluding hydrogens is 436 g/mol. The summed E-state index contributed by atoms with van der Waals surface area (Å²) >= 11 is 0. The van der Waals surface area contributed by atoms with Crippen LogP contribution in [-0.4, -0.2) is 0 Å².